The van der Waals surface area contributed by atoms with E-state index in [1.807, 2.05) is 29.2 Å². The molecule has 80 valence electrons. The molecule has 2 nitrogen and oxygen atoms in total. The van der Waals surface area contributed by atoms with Crippen molar-refractivity contribution in [3.05, 3.63) is 33.4 Å². The number of likely N-dealkylation sites (tertiary alicyclic amines) is 1. The number of carbonyl (C=O) groups is 1. The highest BCUT2D eigenvalue weighted by Crippen LogP contribution is 2.14. The molecule has 0 saturated carbocycles. The molecule has 0 atom stereocenters. The van der Waals surface area contributed by atoms with Crippen molar-refractivity contribution < 1.29 is 4.79 Å². The molecule has 0 spiro atoms. The third kappa shape index (κ3) is 2.71. The van der Waals surface area contributed by atoms with Crippen LogP contribution in [0.15, 0.2) is 24.3 Å². The molecule has 0 aromatic heterocycles. The summed E-state index contributed by atoms with van der Waals surface area (Å²) in [7, 11) is 0. The highest BCUT2D eigenvalue weighted by molar-refractivity contribution is 14.1. The summed E-state index contributed by atoms with van der Waals surface area (Å²) in [6, 6.07) is 7.80. The maximum atomic E-state index is 12.0. The fourth-order valence-electron chi connectivity index (χ4n) is 1.87. The molecule has 0 unspecified atom stereocenters. The van der Waals surface area contributed by atoms with E-state index in [1.165, 1.54) is 9.99 Å². The van der Waals surface area contributed by atoms with Crippen molar-refractivity contribution in [2.45, 2.75) is 19.3 Å². The molecule has 1 amide bonds. The SMILES string of the molecule is O=C(c1ccc(I)cc1)N1CCCCC1. The Bertz CT molecular complexity index is 341. The summed E-state index contributed by atoms with van der Waals surface area (Å²) in [5, 5.41) is 0. The van der Waals surface area contributed by atoms with E-state index in [-0.39, 0.29) is 5.91 Å². The first-order valence-corrected chi connectivity index (χ1v) is 6.40. The van der Waals surface area contributed by atoms with Gasteiger partial charge in [0.05, 0.1) is 0 Å². The predicted molar refractivity (Wildman–Crippen MR) is 68.9 cm³/mol. The Kier molecular flexibility index (Phi) is 3.61. The van der Waals surface area contributed by atoms with E-state index in [2.05, 4.69) is 22.6 Å². The predicted octanol–water partition coefficient (Wildman–Crippen LogP) is 2.92. The summed E-state index contributed by atoms with van der Waals surface area (Å²) in [6.07, 6.45) is 3.56. The standard InChI is InChI=1S/C12H14INO/c13-11-6-4-10(5-7-11)12(15)14-8-2-1-3-9-14/h4-7H,1-3,8-9H2. The van der Waals surface area contributed by atoms with Crippen molar-refractivity contribution in [1.29, 1.82) is 0 Å². The normalized spacial score (nSPS) is 16.5. The molecular weight excluding hydrogens is 301 g/mol. The van der Waals surface area contributed by atoms with Gasteiger partial charge in [0.15, 0.2) is 0 Å². The number of rotatable bonds is 1. The van der Waals surface area contributed by atoms with Crippen LogP contribution in [-0.2, 0) is 0 Å². The average molecular weight is 315 g/mol. The Morgan fingerprint density at radius 1 is 1.07 bits per heavy atom. The molecular formula is C12H14INO. The Hall–Kier alpha value is -0.580. The molecule has 1 aromatic carbocycles. The minimum absolute atomic E-state index is 0.186. The van der Waals surface area contributed by atoms with E-state index in [0.717, 1.165) is 31.5 Å². The lowest BCUT2D eigenvalue weighted by Crippen LogP contribution is -2.35. The fourth-order valence-corrected chi connectivity index (χ4v) is 2.23. The smallest absolute Gasteiger partial charge is 0.253 e. The number of amides is 1. The monoisotopic (exact) mass is 315 g/mol. The third-order valence-electron chi connectivity index (χ3n) is 2.73. The van der Waals surface area contributed by atoms with Gasteiger partial charge in [-0.1, -0.05) is 0 Å². The van der Waals surface area contributed by atoms with Gasteiger partial charge >= 0.3 is 0 Å². The van der Waals surface area contributed by atoms with Gasteiger partial charge in [-0.15, -0.1) is 0 Å². The van der Waals surface area contributed by atoms with Crippen molar-refractivity contribution in [1.82, 2.24) is 4.90 Å². The first-order chi connectivity index (χ1) is 7.27. The minimum atomic E-state index is 0.186. The van der Waals surface area contributed by atoms with E-state index >= 15 is 0 Å². The molecule has 0 bridgehead atoms. The zero-order chi connectivity index (χ0) is 10.7. The highest BCUT2D eigenvalue weighted by Gasteiger charge is 2.17. The molecule has 1 aromatic rings. The summed E-state index contributed by atoms with van der Waals surface area (Å²) in [5.41, 5.74) is 0.817. The lowest BCUT2D eigenvalue weighted by molar-refractivity contribution is 0.0724. The Balaban J connectivity index is 2.09. The highest BCUT2D eigenvalue weighted by atomic mass is 127. The van der Waals surface area contributed by atoms with Crippen LogP contribution in [0.2, 0.25) is 0 Å². The van der Waals surface area contributed by atoms with Crippen molar-refractivity contribution in [3.63, 3.8) is 0 Å². The fraction of sp³-hybridized carbons (Fsp3) is 0.417. The van der Waals surface area contributed by atoms with Gasteiger partial charge in [0.1, 0.15) is 0 Å². The number of piperidine rings is 1. The largest absolute Gasteiger partial charge is 0.339 e. The summed E-state index contributed by atoms with van der Waals surface area (Å²) in [4.78, 5) is 14.0. The molecule has 0 radical (unpaired) electrons. The van der Waals surface area contributed by atoms with Gasteiger partial charge in [0, 0.05) is 22.2 Å². The van der Waals surface area contributed by atoms with Crippen molar-refractivity contribution >= 4 is 28.5 Å². The van der Waals surface area contributed by atoms with Gasteiger partial charge < -0.3 is 4.90 Å². The second-order valence-corrected chi connectivity index (χ2v) is 5.11. The zero-order valence-corrected chi connectivity index (χ0v) is 10.7. The van der Waals surface area contributed by atoms with E-state index in [4.69, 9.17) is 0 Å². The average Bonchev–Trinajstić information content (AvgIpc) is 2.30. The maximum absolute atomic E-state index is 12.0. The Morgan fingerprint density at radius 3 is 2.27 bits per heavy atom. The van der Waals surface area contributed by atoms with E-state index in [0.29, 0.717) is 0 Å². The van der Waals surface area contributed by atoms with E-state index in [1.54, 1.807) is 0 Å². The van der Waals surface area contributed by atoms with Crippen LogP contribution in [0.1, 0.15) is 29.6 Å². The van der Waals surface area contributed by atoms with Crippen LogP contribution in [-0.4, -0.2) is 23.9 Å². The lowest BCUT2D eigenvalue weighted by Gasteiger charge is -2.26. The molecule has 1 aliphatic heterocycles. The van der Waals surface area contributed by atoms with Gasteiger partial charge in [-0.2, -0.15) is 0 Å². The van der Waals surface area contributed by atoms with Crippen LogP contribution in [0.4, 0.5) is 0 Å². The molecule has 1 saturated heterocycles. The van der Waals surface area contributed by atoms with Gasteiger partial charge in [-0.3, -0.25) is 4.79 Å². The maximum Gasteiger partial charge on any atom is 0.253 e. The molecule has 1 aliphatic rings. The summed E-state index contributed by atoms with van der Waals surface area (Å²) in [5.74, 6) is 0.186. The first kappa shape index (κ1) is 10.9. The zero-order valence-electron chi connectivity index (χ0n) is 8.58. The first-order valence-electron chi connectivity index (χ1n) is 5.32. The van der Waals surface area contributed by atoms with Crippen LogP contribution in [0, 0.1) is 3.57 Å². The number of carbonyl (C=O) groups excluding carboxylic acids is 1. The second kappa shape index (κ2) is 4.96. The molecule has 1 heterocycles. The quantitative estimate of drug-likeness (QED) is 0.730. The number of benzene rings is 1. The number of hydrogen-bond donors (Lipinski definition) is 0. The molecule has 2 rings (SSSR count). The lowest BCUT2D eigenvalue weighted by atomic mass is 10.1. The molecule has 0 aliphatic carbocycles. The minimum Gasteiger partial charge on any atom is -0.339 e. The van der Waals surface area contributed by atoms with E-state index < -0.39 is 0 Å². The van der Waals surface area contributed by atoms with Gasteiger partial charge in [-0.25, -0.2) is 0 Å². The summed E-state index contributed by atoms with van der Waals surface area (Å²) < 4.78 is 1.17. The van der Waals surface area contributed by atoms with Gasteiger partial charge in [0.2, 0.25) is 0 Å². The number of halogens is 1. The summed E-state index contributed by atoms with van der Waals surface area (Å²) >= 11 is 2.25. The molecule has 15 heavy (non-hydrogen) atoms. The van der Waals surface area contributed by atoms with Crippen LogP contribution in [0.3, 0.4) is 0 Å². The van der Waals surface area contributed by atoms with Gasteiger partial charge in [0.25, 0.3) is 5.91 Å². The van der Waals surface area contributed by atoms with Crippen LogP contribution >= 0.6 is 22.6 Å². The van der Waals surface area contributed by atoms with Crippen molar-refractivity contribution in [3.8, 4) is 0 Å². The number of nitrogens with zero attached hydrogens (tertiary/aromatic N) is 1. The van der Waals surface area contributed by atoms with Crippen LogP contribution in [0.25, 0.3) is 0 Å². The third-order valence-corrected chi connectivity index (χ3v) is 3.45. The van der Waals surface area contributed by atoms with Crippen LogP contribution < -0.4 is 0 Å². The topological polar surface area (TPSA) is 20.3 Å². The Morgan fingerprint density at radius 2 is 1.67 bits per heavy atom. The van der Waals surface area contributed by atoms with Crippen molar-refractivity contribution in [2.24, 2.45) is 0 Å². The molecule has 1 fully saturated rings. The van der Waals surface area contributed by atoms with E-state index in [9.17, 15) is 4.79 Å². The second-order valence-electron chi connectivity index (χ2n) is 3.86. The Labute approximate surface area is 104 Å². The number of hydrogen-bond acceptors (Lipinski definition) is 1. The van der Waals surface area contributed by atoms with Crippen molar-refractivity contribution in [2.75, 3.05) is 13.1 Å². The molecule has 0 N–H and O–H groups in total. The molecule has 3 heteroatoms. The summed E-state index contributed by atoms with van der Waals surface area (Å²) in [6.45, 7) is 1.84. The van der Waals surface area contributed by atoms with Crippen LogP contribution in [0.5, 0.6) is 0 Å². The van der Waals surface area contributed by atoms with Gasteiger partial charge in [-0.05, 0) is 66.1 Å².